The van der Waals surface area contributed by atoms with Crippen molar-refractivity contribution >= 4 is 5.71 Å². The molecule has 0 amide bonds. The Bertz CT molecular complexity index is 1900. The number of benzene rings is 4. The van der Waals surface area contributed by atoms with E-state index in [9.17, 15) is 0 Å². The van der Waals surface area contributed by atoms with Gasteiger partial charge >= 0.3 is 0 Å². The number of fused-ring (bicyclic) bond motifs is 1. The maximum atomic E-state index is 6.51. The van der Waals surface area contributed by atoms with E-state index in [2.05, 4.69) is 95.0 Å². The van der Waals surface area contributed by atoms with Crippen molar-refractivity contribution in [2.45, 2.75) is 44.6 Å². The molecule has 0 N–H and O–H groups in total. The van der Waals surface area contributed by atoms with Gasteiger partial charge in [0.25, 0.3) is 0 Å². The molecule has 7 nitrogen and oxygen atoms in total. The number of hydrogen-bond donors (Lipinski definition) is 0. The van der Waals surface area contributed by atoms with Crippen LogP contribution in [-0.4, -0.2) is 54.6 Å². The molecule has 2 aliphatic heterocycles. The molecule has 0 radical (unpaired) electrons. The van der Waals surface area contributed by atoms with E-state index in [4.69, 9.17) is 24.0 Å². The fourth-order valence-corrected chi connectivity index (χ4v) is 6.50. The number of aromatic nitrogens is 1. The molecular formula is C43H43N3O4. The second kappa shape index (κ2) is 16.0. The first-order chi connectivity index (χ1) is 24.6. The van der Waals surface area contributed by atoms with Crippen molar-refractivity contribution in [1.29, 1.82) is 0 Å². The number of hydrogen-bond acceptors (Lipinski definition) is 7. The van der Waals surface area contributed by atoms with Crippen LogP contribution in [0, 0.1) is 0 Å². The molecule has 0 fully saturated rings. The Morgan fingerprint density at radius 3 is 2.24 bits per heavy atom. The van der Waals surface area contributed by atoms with Crippen molar-refractivity contribution < 1.29 is 19.0 Å². The van der Waals surface area contributed by atoms with Crippen molar-refractivity contribution in [2.75, 3.05) is 26.8 Å². The lowest BCUT2D eigenvalue weighted by atomic mass is 9.94. The summed E-state index contributed by atoms with van der Waals surface area (Å²) < 4.78 is 18.1. The molecule has 0 spiro atoms. The zero-order chi connectivity index (χ0) is 34.1. The van der Waals surface area contributed by atoms with Gasteiger partial charge in [-0.05, 0) is 60.0 Å². The monoisotopic (exact) mass is 665 g/mol. The maximum Gasteiger partial charge on any atom is 0.147 e. The van der Waals surface area contributed by atoms with Crippen LogP contribution in [-0.2, 0) is 22.5 Å². The number of ether oxygens (including phenoxy) is 3. The van der Waals surface area contributed by atoms with Gasteiger partial charge in [0.1, 0.15) is 36.4 Å². The summed E-state index contributed by atoms with van der Waals surface area (Å²) in [4.78, 5) is 13.7. The fourth-order valence-electron chi connectivity index (χ4n) is 6.50. The Morgan fingerprint density at radius 1 is 0.840 bits per heavy atom. The molecule has 1 aromatic heterocycles. The Balaban J connectivity index is 0.986. The molecule has 0 saturated heterocycles. The molecule has 3 atom stereocenters. The van der Waals surface area contributed by atoms with Gasteiger partial charge in [-0.3, -0.25) is 9.88 Å². The highest BCUT2D eigenvalue weighted by molar-refractivity contribution is 5.82. The van der Waals surface area contributed by atoms with Gasteiger partial charge in [0.2, 0.25) is 0 Å². The smallest absolute Gasteiger partial charge is 0.147 e. The topological polar surface area (TPSA) is 65.4 Å². The van der Waals surface area contributed by atoms with Crippen LogP contribution < -0.4 is 9.47 Å². The predicted octanol–water partition coefficient (Wildman–Crippen LogP) is 8.71. The molecule has 3 heterocycles. The highest BCUT2D eigenvalue weighted by atomic mass is 16.6. The van der Waals surface area contributed by atoms with Gasteiger partial charge in [-0.1, -0.05) is 102 Å². The van der Waals surface area contributed by atoms with E-state index in [0.717, 1.165) is 66.5 Å². The summed E-state index contributed by atoms with van der Waals surface area (Å²) in [5.41, 5.74) is 9.06. The lowest BCUT2D eigenvalue weighted by molar-refractivity contribution is -0.0878. The highest BCUT2D eigenvalue weighted by Gasteiger charge is 2.31. The van der Waals surface area contributed by atoms with E-state index in [1.807, 2.05) is 55.5 Å². The first-order valence-electron chi connectivity index (χ1n) is 17.3. The third-order valence-electron chi connectivity index (χ3n) is 9.25. The van der Waals surface area contributed by atoms with Gasteiger partial charge in [0.05, 0.1) is 18.5 Å². The van der Waals surface area contributed by atoms with Crippen LogP contribution in [0.25, 0.3) is 22.4 Å². The third-order valence-corrected chi connectivity index (χ3v) is 9.25. The lowest BCUT2D eigenvalue weighted by Gasteiger charge is -2.32. The minimum absolute atomic E-state index is 0.187. The highest BCUT2D eigenvalue weighted by Crippen LogP contribution is 2.34. The molecule has 0 saturated carbocycles. The number of rotatable bonds is 12. The van der Waals surface area contributed by atoms with E-state index >= 15 is 0 Å². The van der Waals surface area contributed by atoms with Gasteiger partial charge in [0, 0.05) is 49.3 Å². The van der Waals surface area contributed by atoms with E-state index in [1.54, 1.807) is 7.11 Å². The Hall–Kier alpha value is -5.24. The first kappa shape index (κ1) is 33.3. The van der Waals surface area contributed by atoms with Crippen molar-refractivity contribution in [3.05, 3.63) is 150 Å². The first-order valence-corrected chi connectivity index (χ1v) is 17.3. The van der Waals surface area contributed by atoms with Crippen LogP contribution in [0.3, 0.4) is 0 Å². The van der Waals surface area contributed by atoms with Crippen LogP contribution in [0.2, 0.25) is 0 Å². The fraction of sp³-hybridized carbons (Fsp3) is 0.256. The van der Waals surface area contributed by atoms with Gasteiger partial charge in [0.15, 0.2) is 0 Å². The summed E-state index contributed by atoms with van der Waals surface area (Å²) >= 11 is 0. The predicted molar refractivity (Wildman–Crippen MR) is 198 cm³/mol. The zero-order valence-electron chi connectivity index (χ0n) is 28.7. The van der Waals surface area contributed by atoms with Gasteiger partial charge in [-0.25, -0.2) is 0 Å². The van der Waals surface area contributed by atoms with Crippen LogP contribution in [0.1, 0.15) is 36.3 Å². The summed E-state index contributed by atoms with van der Waals surface area (Å²) in [6.07, 6.45) is 4.96. The molecule has 4 aromatic carbocycles. The third kappa shape index (κ3) is 8.13. The van der Waals surface area contributed by atoms with Crippen molar-refractivity contribution in [3.8, 4) is 33.9 Å². The lowest BCUT2D eigenvalue weighted by Crippen LogP contribution is -2.39. The number of methoxy groups -OCH3 is 1. The molecule has 254 valence electrons. The Kier molecular flexibility index (Phi) is 10.6. The van der Waals surface area contributed by atoms with Crippen molar-refractivity contribution in [2.24, 2.45) is 5.16 Å². The molecule has 5 aromatic rings. The summed E-state index contributed by atoms with van der Waals surface area (Å²) in [6.45, 7) is 5.00. The summed E-state index contributed by atoms with van der Waals surface area (Å²) in [6, 6.07) is 41.2. The maximum absolute atomic E-state index is 6.51. The van der Waals surface area contributed by atoms with Crippen LogP contribution in [0.15, 0.2) is 139 Å². The molecule has 7 heteroatoms. The number of pyridine rings is 1. The Morgan fingerprint density at radius 2 is 1.52 bits per heavy atom. The average molecular weight is 666 g/mol. The standard InChI is InChI=1S/C43H43N3O4/c1-31(45-48-30-42-41(49-37-20-18-36(47-2)19-21-37)23-22-40(50-42)33-14-8-4-9-15-33)24-26-46-27-25-39-35(29-46)28-38(32-12-6-3-7-13-32)43(44-39)34-16-10-5-11-17-34/h3-23,28,40-42H,24-27,29-30H2,1-2H3/t40-,41-,42+/m0/s1. The van der Waals surface area contributed by atoms with E-state index < -0.39 is 0 Å². The second-order valence-electron chi connectivity index (χ2n) is 12.8. The summed E-state index contributed by atoms with van der Waals surface area (Å²) in [5, 5.41) is 4.51. The molecule has 0 aliphatic carbocycles. The molecule has 50 heavy (non-hydrogen) atoms. The van der Waals surface area contributed by atoms with E-state index in [-0.39, 0.29) is 24.9 Å². The summed E-state index contributed by atoms with van der Waals surface area (Å²) in [5.74, 6) is 1.51. The van der Waals surface area contributed by atoms with E-state index in [0.29, 0.717) is 0 Å². The largest absolute Gasteiger partial charge is 0.497 e. The quantitative estimate of drug-likeness (QED) is 0.0755. The zero-order valence-corrected chi connectivity index (χ0v) is 28.7. The van der Waals surface area contributed by atoms with Crippen LogP contribution in [0.5, 0.6) is 11.5 Å². The van der Waals surface area contributed by atoms with Gasteiger partial charge in [-0.2, -0.15) is 0 Å². The minimum atomic E-state index is -0.352. The molecule has 7 rings (SSSR count). The van der Waals surface area contributed by atoms with Gasteiger partial charge in [-0.15, -0.1) is 0 Å². The molecule has 0 unspecified atom stereocenters. The van der Waals surface area contributed by atoms with Gasteiger partial charge < -0.3 is 19.0 Å². The molecule has 2 aliphatic rings. The molecular weight excluding hydrogens is 622 g/mol. The average Bonchev–Trinajstić information content (AvgIpc) is 3.18. The number of oxime groups is 1. The van der Waals surface area contributed by atoms with E-state index in [1.165, 1.54) is 22.4 Å². The van der Waals surface area contributed by atoms with Crippen LogP contribution >= 0.6 is 0 Å². The number of nitrogens with zero attached hydrogens (tertiary/aromatic N) is 3. The Labute approximate surface area is 294 Å². The van der Waals surface area contributed by atoms with Crippen molar-refractivity contribution in [1.82, 2.24) is 9.88 Å². The normalized spacial score (nSPS) is 19.1. The summed E-state index contributed by atoms with van der Waals surface area (Å²) in [7, 11) is 1.65. The second-order valence-corrected chi connectivity index (χ2v) is 12.8. The SMILES string of the molecule is COc1ccc(O[C@H]2C=C[C@@H](c3ccccc3)O[C@@H]2CON=C(C)CCN2CCc3nc(-c4ccccc4)c(-c4ccccc4)cc3C2)cc1. The molecule has 0 bridgehead atoms. The van der Waals surface area contributed by atoms with Crippen LogP contribution in [0.4, 0.5) is 0 Å². The minimum Gasteiger partial charge on any atom is -0.497 e. The van der Waals surface area contributed by atoms with Crippen molar-refractivity contribution in [3.63, 3.8) is 0 Å².